The van der Waals surface area contributed by atoms with Crippen LogP contribution in [-0.4, -0.2) is 41.2 Å². The predicted molar refractivity (Wildman–Crippen MR) is 62.7 cm³/mol. The van der Waals surface area contributed by atoms with Gasteiger partial charge in [0, 0.05) is 6.54 Å². The first-order valence-electron chi connectivity index (χ1n) is 6.53. The van der Waals surface area contributed by atoms with Gasteiger partial charge in [-0.15, -0.1) is 0 Å². The van der Waals surface area contributed by atoms with Gasteiger partial charge in [0.05, 0.1) is 0 Å². The van der Waals surface area contributed by atoms with Crippen LogP contribution in [0.3, 0.4) is 0 Å². The molecule has 7 heteroatoms. The van der Waals surface area contributed by atoms with Gasteiger partial charge in [-0.3, -0.25) is 24.6 Å². The number of hydrogen-bond donors (Lipinski definition) is 2. The number of urea groups is 1. The monoisotopic (exact) mass is 265 g/mol. The van der Waals surface area contributed by atoms with Crippen LogP contribution in [0.1, 0.15) is 32.1 Å². The minimum atomic E-state index is -1.11. The summed E-state index contributed by atoms with van der Waals surface area (Å²) in [5.41, 5.74) is -1.11. The highest BCUT2D eigenvalue weighted by Crippen LogP contribution is 2.45. The normalized spacial score (nSPS) is 29.9. The molecule has 2 saturated heterocycles. The van der Waals surface area contributed by atoms with Gasteiger partial charge in [-0.25, -0.2) is 4.79 Å². The van der Waals surface area contributed by atoms with Crippen molar-refractivity contribution in [2.45, 2.75) is 38.1 Å². The number of barbiturate groups is 1. The SMILES string of the molecule is O=C1NCCCC1N1C(=O)NC(=O)C2(CCC2)C1=O. The van der Waals surface area contributed by atoms with E-state index in [0.717, 1.165) is 11.3 Å². The van der Waals surface area contributed by atoms with Gasteiger partial charge in [0.2, 0.25) is 17.7 Å². The second-order valence-corrected chi connectivity index (χ2v) is 5.32. The maximum Gasteiger partial charge on any atom is 0.331 e. The minimum absolute atomic E-state index is 0.321. The summed E-state index contributed by atoms with van der Waals surface area (Å²) in [4.78, 5) is 49.0. The second kappa shape index (κ2) is 4.04. The highest BCUT2D eigenvalue weighted by molar-refractivity contribution is 6.20. The molecule has 1 spiro atoms. The predicted octanol–water partition coefficient (Wildman–Crippen LogP) is -0.486. The molecule has 1 unspecified atom stereocenters. The fourth-order valence-corrected chi connectivity index (χ4v) is 2.95. The number of nitrogens with zero attached hydrogens (tertiary/aromatic N) is 1. The summed E-state index contributed by atoms with van der Waals surface area (Å²) in [5, 5.41) is 4.86. The van der Waals surface area contributed by atoms with Crippen molar-refractivity contribution in [3.05, 3.63) is 0 Å². The molecule has 0 radical (unpaired) electrons. The van der Waals surface area contributed by atoms with Crippen LogP contribution in [0.4, 0.5) is 4.79 Å². The molecule has 1 saturated carbocycles. The molecular weight excluding hydrogens is 250 g/mol. The van der Waals surface area contributed by atoms with E-state index in [-0.39, 0.29) is 5.91 Å². The van der Waals surface area contributed by atoms with E-state index in [2.05, 4.69) is 10.6 Å². The molecule has 3 fully saturated rings. The quantitative estimate of drug-likeness (QED) is 0.625. The van der Waals surface area contributed by atoms with E-state index < -0.39 is 29.3 Å². The van der Waals surface area contributed by atoms with E-state index in [4.69, 9.17) is 0 Å². The minimum Gasteiger partial charge on any atom is -0.354 e. The van der Waals surface area contributed by atoms with Crippen molar-refractivity contribution in [2.24, 2.45) is 5.41 Å². The van der Waals surface area contributed by atoms with E-state index >= 15 is 0 Å². The summed E-state index contributed by atoms with van der Waals surface area (Å²) in [7, 11) is 0. The highest BCUT2D eigenvalue weighted by Gasteiger charge is 2.59. The van der Waals surface area contributed by atoms with Crippen LogP contribution in [0.2, 0.25) is 0 Å². The maximum absolute atomic E-state index is 12.5. The number of piperidine rings is 1. The van der Waals surface area contributed by atoms with E-state index in [0.29, 0.717) is 32.2 Å². The second-order valence-electron chi connectivity index (χ2n) is 5.32. The molecule has 3 rings (SSSR count). The Labute approximate surface area is 109 Å². The molecule has 102 valence electrons. The van der Waals surface area contributed by atoms with Crippen LogP contribution in [0.25, 0.3) is 0 Å². The molecule has 1 aliphatic carbocycles. The first-order chi connectivity index (χ1) is 9.06. The molecule has 1 atom stereocenters. The van der Waals surface area contributed by atoms with Crippen LogP contribution in [0, 0.1) is 5.41 Å². The molecule has 2 N–H and O–H groups in total. The van der Waals surface area contributed by atoms with Gasteiger partial charge in [0.1, 0.15) is 11.5 Å². The molecular formula is C12H15N3O4. The molecule has 7 nitrogen and oxygen atoms in total. The van der Waals surface area contributed by atoms with Crippen LogP contribution < -0.4 is 10.6 Å². The Hall–Kier alpha value is -1.92. The highest BCUT2D eigenvalue weighted by atomic mass is 16.2. The summed E-state index contributed by atoms with van der Waals surface area (Å²) < 4.78 is 0. The molecule has 0 aromatic heterocycles. The Bertz CT molecular complexity index is 483. The smallest absolute Gasteiger partial charge is 0.331 e. The van der Waals surface area contributed by atoms with Crippen molar-refractivity contribution >= 4 is 23.8 Å². The number of carbonyl (C=O) groups excluding carboxylic acids is 4. The van der Waals surface area contributed by atoms with Crippen LogP contribution in [0.15, 0.2) is 0 Å². The average Bonchev–Trinajstić information content (AvgIpc) is 2.29. The van der Waals surface area contributed by atoms with Crippen LogP contribution in [0.5, 0.6) is 0 Å². The lowest BCUT2D eigenvalue weighted by Crippen LogP contribution is -2.70. The Balaban J connectivity index is 1.91. The summed E-state index contributed by atoms with van der Waals surface area (Å²) in [5.74, 6) is -1.34. The number of nitrogens with one attached hydrogen (secondary N) is 2. The number of carbonyl (C=O) groups is 4. The molecule has 5 amide bonds. The Morgan fingerprint density at radius 2 is 1.84 bits per heavy atom. The van der Waals surface area contributed by atoms with Gasteiger partial charge >= 0.3 is 6.03 Å². The number of amides is 5. The van der Waals surface area contributed by atoms with Crippen molar-refractivity contribution in [2.75, 3.05) is 6.54 Å². The van der Waals surface area contributed by atoms with Gasteiger partial charge in [0.15, 0.2) is 0 Å². The molecule has 2 heterocycles. The van der Waals surface area contributed by atoms with Crippen molar-refractivity contribution in [1.82, 2.24) is 15.5 Å². The van der Waals surface area contributed by atoms with Gasteiger partial charge in [-0.1, -0.05) is 6.42 Å². The average molecular weight is 265 g/mol. The zero-order valence-corrected chi connectivity index (χ0v) is 10.4. The van der Waals surface area contributed by atoms with Gasteiger partial charge < -0.3 is 5.32 Å². The first kappa shape index (κ1) is 12.1. The zero-order chi connectivity index (χ0) is 13.6. The summed E-state index contributed by atoms with van der Waals surface area (Å²) >= 11 is 0. The summed E-state index contributed by atoms with van der Waals surface area (Å²) in [6, 6.07) is -1.55. The van der Waals surface area contributed by atoms with E-state index in [9.17, 15) is 19.2 Å². The lowest BCUT2D eigenvalue weighted by Gasteiger charge is -2.46. The zero-order valence-electron chi connectivity index (χ0n) is 10.4. The van der Waals surface area contributed by atoms with Crippen molar-refractivity contribution < 1.29 is 19.2 Å². The van der Waals surface area contributed by atoms with E-state index in [1.165, 1.54) is 0 Å². The van der Waals surface area contributed by atoms with Crippen molar-refractivity contribution in [3.63, 3.8) is 0 Å². The molecule has 2 aliphatic heterocycles. The molecule has 3 aliphatic rings. The van der Waals surface area contributed by atoms with Gasteiger partial charge in [-0.2, -0.15) is 0 Å². The molecule has 0 bridgehead atoms. The van der Waals surface area contributed by atoms with E-state index in [1.807, 2.05) is 0 Å². The maximum atomic E-state index is 12.5. The molecule has 19 heavy (non-hydrogen) atoms. The number of imide groups is 2. The summed E-state index contributed by atoms with van der Waals surface area (Å²) in [6.07, 6.45) is 2.87. The Kier molecular flexibility index (Phi) is 2.58. The van der Waals surface area contributed by atoms with Crippen molar-refractivity contribution in [1.29, 1.82) is 0 Å². The fourth-order valence-electron chi connectivity index (χ4n) is 2.95. The third-order valence-corrected chi connectivity index (χ3v) is 4.28. The number of hydrogen-bond acceptors (Lipinski definition) is 4. The van der Waals surface area contributed by atoms with E-state index in [1.54, 1.807) is 0 Å². The molecule has 0 aromatic carbocycles. The van der Waals surface area contributed by atoms with Gasteiger partial charge in [-0.05, 0) is 25.7 Å². The van der Waals surface area contributed by atoms with Crippen LogP contribution in [-0.2, 0) is 14.4 Å². The summed E-state index contributed by atoms with van der Waals surface area (Å²) in [6.45, 7) is 0.559. The fraction of sp³-hybridized carbons (Fsp3) is 0.667. The third-order valence-electron chi connectivity index (χ3n) is 4.28. The topological polar surface area (TPSA) is 95.6 Å². The Morgan fingerprint density at radius 1 is 1.11 bits per heavy atom. The first-order valence-corrected chi connectivity index (χ1v) is 6.53. The lowest BCUT2D eigenvalue weighted by atomic mass is 9.66. The molecule has 0 aromatic rings. The standard InChI is InChI=1S/C12H15N3O4/c16-8-7(3-1-6-13-8)15-10(18)12(4-2-5-12)9(17)14-11(15)19/h7H,1-6H2,(H,13,16)(H,14,17,19). The van der Waals surface area contributed by atoms with Crippen LogP contribution >= 0.6 is 0 Å². The lowest BCUT2D eigenvalue weighted by molar-refractivity contribution is -0.161. The Morgan fingerprint density at radius 3 is 2.42 bits per heavy atom. The largest absolute Gasteiger partial charge is 0.354 e. The van der Waals surface area contributed by atoms with Gasteiger partial charge in [0.25, 0.3) is 0 Å². The third kappa shape index (κ3) is 1.57. The van der Waals surface area contributed by atoms with Crippen molar-refractivity contribution in [3.8, 4) is 0 Å². The number of rotatable bonds is 1.